The standard InChI is InChI=1S/C19H26N4O2S/c1-14-4-5-17(25-14)15-12-16(22-21-15)18(24)20-13-19(6-2-3-7-19)23-8-10-26-11-9-23/h4-5,12H,2-3,6-11,13H2,1H3,(H,20,24)(H,21,22). The van der Waals surface area contributed by atoms with Gasteiger partial charge in [-0.15, -0.1) is 0 Å². The number of thioether (sulfide) groups is 1. The van der Waals surface area contributed by atoms with Crippen molar-refractivity contribution in [2.75, 3.05) is 31.1 Å². The second kappa shape index (κ2) is 7.48. The van der Waals surface area contributed by atoms with Crippen molar-refractivity contribution >= 4 is 17.7 Å². The van der Waals surface area contributed by atoms with E-state index >= 15 is 0 Å². The molecule has 3 heterocycles. The topological polar surface area (TPSA) is 74.2 Å². The molecule has 0 aromatic carbocycles. The van der Waals surface area contributed by atoms with Crippen LogP contribution in [0.5, 0.6) is 0 Å². The van der Waals surface area contributed by atoms with Crippen LogP contribution in [0.25, 0.3) is 11.5 Å². The van der Waals surface area contributed by atoms with Gasteiger partial charge in [-0.3, -0.25) is 14.8 Å². The van der Waals surface area contributed by atoms with Gasteiger partial charge in [-0.05, 0) is 31.9 Å². The van der Waals surface area contributed by atoms with Gasteiger partial charge in [-0.25, -0.2) is 0 Å². The van der Waals surface area contributed by atoms with E-state index in [2.05, 4.69) is 20.4 Å². The molecule has 0 spiro atoms. The van der Waals surface area contributed by atoms with E-state index in [1.807, 2.05) is 30.8 Å². The van der Waals surface area contributed by atoms with Gasteiger partial charge in [0, 0.05) is 42.7 Å². The number of aryl methyl sites for hydroxylation is 1. The fourth-order valence-electron chi connectivity index (χ4n) is 4.15. The van der Waals surface area contributed by atoms with Crippen molar-refractivity contribution in [1.29, 1.82) is 0 Å². The summed E-state index contributed by atoms with van der Waals surface area (Å²) in [5, 5.41) is 10.2. The molecule has 26 heavy (non-hydrogen) atoms. The van der Waals surface area contributed by atoms with Crippen molar-refractivity contribution in [3.8, 4) is 11.5 Å². The van der Waals surface area contributed by atoms with Crippen LogP contribution in [0, 0.1) is 6.92 Å². The lowest BCUT2D eigenvalue weighted by molar-refractivity contribution is 0.0813. The number of rotatable bonds is 5. The van der Waals surface area contributed by atoms with Crippen LogP contribution < -0.4 is 5.32 Å². The Bertz CT molecular complexity index is 757. The maximum Gasteiger partial charge on any atom is 0.271 e. The highest BCUT2D eigenvalue weighted by molar-refractivity contribution is 7.99. The van der Waals surface area contributed by atoms with Crippen LogP contribution in [0.4, 0.5) is 0 Å². The van der Waals surface area contributed by atoms with Crippen molar-refractivity contribution in [2.45, 2.75) is 38.1 Å². The first kappa shape index (κ1) is 17.7. The molecular weight excluding hydrogens is 348 g/mol. The van der Waals surface area contributed by atoms with Crippen LogP contribution in [0.3, 0.4) is 0 Å². The quantitative estimate of drug-likeness (QED) is 0.841. The molecule has 1 saturated heterocycles. The molecule has 2 aliphatic rings. The van der Waals surface area contributed by atoms with E-state index in [9.17, 15) is 4.79 Å². The number of nitrogens with zero attached hydrogens (tertiary/aromatic N) is 2. The predicted octanol–water partition coefficient (Wildman–Crippen LogP) is 3.07. The molecule has 140 valence electrons. The summed E-state index contributed by atoms with van der Waals surface area (Å²) >= 11 is 2.03. The van der Waals surface area contributed by atoms with Crippen LogP contribution in [0.2, 0.25) is 0 Å². The smallest absolute Gasteiger partial charge is 0.271 e. The summed E-state index contributed by atoms with van der Waals surface area (Å²) in [6.07, 6.45) is 4.86. The molecular formula is C19H26N4O2S. The van der Waals surface area contributed by atoms with Crippen LogP contribution >= 0.6 is 11.8 Å². The van der Waals surface area contributed by atoms with Crippen LogP contribution in [0.15, 0.2) is 22.6 Å². The zero-order valence-electron chi connectivity index (χ0n) is 15.2. The molecule has 2 N–H and O–H groups in total. The largest absolute Gasteiger partial charge is 0.460 e. The van der Waals surface area contributed by atoms with Gasteiger partial charge in [-0.2, -0.15) is 16.9 Å². The summed E-state index contributed by atoms with van der Waals surface area (Å²) in [7, 11) is 0. The normalized spacial score (nSPS) is 20.3. The summed E-state index contributed by atoms with van der Waals surface area (Å²) in [5.41, 5.74) is 1.27. The maximum atomic E-state index is 12.6. The second-order valence-corrected chi connectivity index (χ2v) is 8.52. The lowest BCUT2D eigenvalue weighted by Crippen LogP contribution is -2.56. The number of amides is 1. The van der Waals surface area contributed by atoms with Crippen LogP contribution in [-0.4, -0.2) is 57.7 Å². The highest BCUT2D eigenvalue weighted by Crippen LogP contribution is 2.36. The zero-order chi connectivity index (χ0) is 18.0. The van der Waals surface area contributed by atoms with Crippen LogP contribution in [-0.2, 0) is 0 Å². The Balaban J connectivity index is 1.42. The lowest BCUT2D eigenvalue weighted by atomic mass is 9.94. The highest BCUT2D eigenvalue weighted by atomic mass is 32.2. The summed E-state index contributed by atoms with van der Waals surface area (Å²) in [6.45, 7) is 4.86. The molecule has 2 fully saturated rings. The third-order valence-electron chi connectivity index (χ3n) is 5.61. The average Bonchev–Trinajstić information content (AvgIpc) is 3.41. The van der Waals surface area contributed by atoms with E-state index in [1.54, 1.807) is 6.07 Å². The molecule has 1 aliphatic carbocycles. The van der Waals surface area contributed by atoms with Gasteiger partial charge in [0.05, 0.1) is 0 Å². The number of nitrogens with one attached hydrogen (secondary N) is 2. The summed E-state index contributed by atoms with van der Waals surface area (Å²) in [4.78, 5) is 15.2. The fourth-order valence-corrected chi connectivity index (χ4v) is 5.06. The Morgan fingerprint density at radius 1 is 1.35 bits per heavy atom. The van der Waals surface area contributed by atoms with Crippen LogP contribution in [0.1, 0.15) is 41.9 Å². The number of carbonyl (C=O) groups is 1. The van der Waals surface area contributed by atoms with Gasteiger partial charge in [0.15, 0.2) is 11.5 Å². The number of aromatic nitrogens is 2. The molecule has 1 aliphatic heterocycles. The van der Waals surface area contributed by atoms with Gasteiger partial charge < -0.3 is 9.73 Å². The number of hydrogen-bond acceptors (Lipinski definition) is 5. The Hall–Kier alpha value is -1.73. The van der Waals surface area contributed by atoms with E-state index in [4.69, 9.17) is 4.42 Å². The molecule has 0 unspecified atom stereocenters. The maximum absolute atomic E-state index is 12.6. The lowest BCUT2D eigenvalue weighted by Gasteiger charge is -2.43. The minimum absolute atomic E-state index is 0.117. The van der Waals surface area contributed by atoms with E-state index in [1.165, 1.54) is 37.2 Å². The van der Waals surface area contributed by atoms with E-state index < -0.39 is 0 Å². The first-order chi connectivity index (χ1) is 12.7. The number of aromatic amines is 1. The SMILES string of the molecule is Cc1ccc(-c2cc(C(=O)NCC3(N4CCSCC4)CCCC3)n[nH]2)o1. The minimum Gasteiger partial charge on any atom is -0.460 e. The molecule has 1 amide bonds. The molecule has 1 saturated carbocycles. The van der Waals surface area contributed by atoms with Crippen molar-refractivity contribution in [3.63, 3.8) is 0 Å². The van der Waals surface area contributed by atoms with Gasteiger partial charge in [-0.1, -0.05) is 12.8 Å². The highest BCUT2D eigenvalue weighted by Gasteiger charge is 2.40. The van der Waals surface area contributed by atoms with Crippen molar-refractivity contribution in [2.24, 2.45) is 0 Å². The summed E-state index contributed by atoms with van der Waals surface area (Å²) in [6, 6.07) is 5.54. The number of H-pyrrole nitrogens is 1. The third kappa shape index (κ3) is 3.55. The third-order valence-corrected chi connectivity index (χ3v) is 6.55. The second-order valence-electron chi connectivity index (χ2n) is 7.29. The Labute approximate surface area is 158 Å². The van der Waals surface area contributed by atoms with E-state index in [-0.39, 0.29) is 11.4 Å². The number of carbonyl (C=O) groups excluding carboxylic acids is 1. The predicted molar refractivity (Wildman–Crippen MR) is 103 cm³/mol. The molecule has 7 heteroatoms. The Kier molecular flexibility index (Phi) is 5.09. The monoisotopic (exact) mass is 374 g/mol. The molecule has 0 radical (unpaired) electrons. The Morgan fingerprint density at radius 2 is 2.12 bits per heavy atom. The van der Waals surface area contributed by atoms with Gasteiger partial charge >= 0.3 is 0 Å². The van der Waals surface area contributed by atoms with Gasteiger partial charge in [0.2, 0.25) is 0 Å². The number of furan rings is 1. The number of hydrogen-bond donors (Lipinski definition) is 2. The van der Waals surface area contributed by atoms with E-state index in [0.29, 0.717) is 18.0 Å². The minimum atomic E-state index is -0.117. The molecule has 4 rings (SSSR count). The summed E-state index contributed by atoms with van der Waals surface area (Å²) < 4.78 is 5.59. The molecule has 6 nitrogen and oxygen atoms in total. The molecule has 2 aromatic heterocycles. The average molecular weight is 375 g/mol. The first-order valence-electron chi connectivity index (χ1n) is 9.40. The molecule has 2 aromatic rings. The fraction of sp³-hybridized carbons (Fsp3) is 0.579. The van der Waals surface area contributed by atoms with Crippen molar-refractivity contribution in [1.82, 2.24) is 20.4 Å². The van der Waals surface area contributed by atoms with E-state index in [0.717, 1.165) is 24.5 Å². The van der Waals surface area contributed by atoms with Crippen molar-refractivity contribution in [3.05, 3.63) is 29.7 Å². The van der Waals surface area contributed by atoms with Gasteiger partial charge in [0.1, 0.15) is 11.5 Å². The van der Waals surface area contributed by atoms with Crippen molar-refractivity contribution < 1.29 is 9.21 Å². The Morgan fingerprint density at radius 3 is 2.81 bits per heavy atom. The first-order valence-corrected chi connectivity index (χ1v) is 10.5. The zero-order valence-corrected chi connectivity index (χ0v) is 16.0. The van der Waals surface area contributed by atoms with Gasteiger partial charge in [0.25, 0.3) is 5.91 Å². The summed E-state index contributed by atoms with van der Waals surface area (Å²) in [5.74, 6) is 3.81. The molecule has 0 bridgehead atoms. The molecule has 0 atom stereocenters.